The van der Waals surface area contributed by atoms with Crippen LogP contribution in [0.15, 0.2) is 0 Å². The van der Waals surface area contributed by atoms with Crippen LogP contribution in [0, 0.1) is 5.92 Å². The first-order valence-corrected chi connectivity index (χ1v) is 7.22. The van der Waals surface area contributed by atoms with Gasteiger partial charge in [-0.25, -0.2) is 0 Å². The zero-order valence-corrected chi connectivity index (χ0v) is 13.0. The highest BCUT2D eigenvalue weighted by Crippen LogP contribution is 2.26. The van der Waals surface area contributed by atoms with E-state index in [4.69, 9.17) is 5.73 Å². The van der Waals surface area contributed by atoms with Gasteiger partial charge in [-0.05, 0) is 32.1 Å². The first-order valence-electron chi connectivity index (χ1n) is 7.22. The Bertz CT molecular complexity index is 266. The van der Waals surface area contributed by atoms with Gasteiger partial charge < -0.3 is 16.2 Å². The van der Waals surface area contributed by atoms with E-state index in [-0.39, 0.29) is 18.3 Å². The zero-order chi connectivity index (χ0) is 13.6. The number of halogens is 1. The third-order valence-electron chi connectivity index (χ3n) is 3.95. The van der Waals surface area contributed by atoms with Crippen LogP contribution in [0.3, 0.4) is 0 Å². The van der Waals surface area contributed by atoms with E-state index in [1.54, 1.807) is 6.92 Å². The summed E-state index contributed by atoms with van der Waals surface area (Å²) >= 11 is 0. The van der Waals surface area contributed by atoms with Crippen LogP contribution in [0.4, 0.5) is 0 Å². The quantitative estimate of drug-likeness (QED) is 0.701. The van der Waals surface area contributed by atoms with Crippen LogP contribution in [-0.4, -0.2) is 29.2 Å². The molecule has 1 rings (SSSR count). The summed E-state index contributed by atoms with van der Waals surface area (Å²) in [4.78, 5) is 11.9. The van der Waals surface area contributed by atoms with Gasteiger partial charge in [0.2, 0.25) is 5.91 Å². The largest absolute Gasteiger partial charge is 0.391 e. The van der Waals surface area contributed by atoms with Crippen LogP contribution in [-0.2, 0) is 4.79 Å². The van der Waals surface area contributed by atoms with Crippen LogP contribution in [0.1, 0.15) is 58.8 Å². The maximum atomic E-state index is 11.9. The molecule has 2 atom stereocenters. The minimum absolute atomic E-state index is 0. The molecule has 0 aliphatic heterocycles. The normalized spacial score (nSPS) is 21.1. The molecular weight excluding hydrogens is 264 g/mol. The molecule has 4 N–H and O–H groups in total. The lowest BCUT2D eigenvalue weighted by Gasteiger charge is -2.28. The van der Waals surface area contributed by atoms with Crippen molar-refractivity contribution in [3.63, 3.8) is 0 Å². The molecule has 0 aromatic rings. The summed E-state index contributed by atoms with van der Waals surface area (Å²) in [5.41, 5.74) is 5.12. The lowest BCUT2D eigenvalue weighted by molar-refractivity contribution is -0.126. The highest BCUT2D eigenvalue weighted by Gasteiger charge is 2.28. The van der Waals surface area contributed by atoms with Crippen molar-refractivity contribution in [3.05, 3.63) is 0 Å². The summed E-state index contributed by atoms with van der Waals surface area (Å²) in [6.07, 6.45) is 6.93. The van der Waals surface area contributed by atoms with Crippen molar-refractivity contribution >= 4 is 18.3 Å². The summed E-state index contributed by atoms with van der Waals surface area (Å²) in [6.45, 7) is 4.09. The maximum Gasteiger partial charge on any atom is 0.239 e. The minimum Gasteiger partial charge on any atom is -0.391 e. The number of hydrogen-bond acceptors (Lipinski definition) is 3. The molecule has 2 unspecified atom stereocenters. The number of aliphatic hydroxyl groups is 1. The summed E-state index contributed by atoms with van der Waals surface area (Å²) in [7, 11) is 0. The Hall–Kier alpha value is -0.320. The van der Waals surface area contributed by atoms with Gasteiger partial charge in [-0.3, -0.25) is 4.79 Å². The molecule has 114 valence electrons. The Labute approximate surface area is 122 Å². The molecule has 0 heterocycles. The number of nitrogens with two attached hydrogens (primary N) is 1. The molecule has 0 aromatic carbocycles. The van der Waals surface area contributed by atoms with Gasteiger partial charge in [-0.2, -0.15) is 0 Å². The van der Waals surface area contributed by atoms with E-state index < -0.39 is 11.6 Å². The second-order valence-electron chi connectivity index (χ2n) is 5.84. The predicted octanol–water partition coefficient (Wildman–Crippen LogP) is 1.98. The van der Waals surface area contributed by atoms with Crippen LogP contribution >= 0.6 is 12.4 Å². The van der Waals surface area contributed by atoms with Crippen LogP contribution in [0.2, 0.25) is 0 Å². The Balaban J connectivity index is 0.00000324. The highest BCUT2D eigenvalue weighted by molar-refractivity contribution is 5.85. The highest BCUT2D eigenvalue weighted by atomic mass is 35.5. The van der Waals surface area contributed by atoms with Crippen molar-refractivity contribution < 1.29 is 9.90 Å². The van der Waals surface area contributed by atoms with Gasteiger partial charge in [0.15, 0.2) is 0 Å². The molecule has 1 aliphatic carbocycles. The van der Waals surface area contributed by atoms with E-state index in [0.717, 1.165) is 19.3 Å². The van der Waals surface area contributed by atoms with E-state index in [1.165, 1.54) is 19.3 Å². The van der Waals surface area contributed by atoms with Crippen molar-refractivity contribution in [3.8, 4) is 0 Å². The maximum absolute atomic E-state index is 11.9. The monoisotopic (exact) mass is 292 g/mol. The average molecular weight is 293 g/mol. The molecule has 0 aromatic heterocycles. The van der Waals surface area contributed by atoms with Crippen LogP contribution in [0.25, 0.3) is 0 Å². The summed E-state index contributed by atoms with van der Waals surface area (Å²) in [6, 6.07) is 0. The smallest absolute Gasteiger partial charge is 0.239 e. The molecule has 0 spiro atoms. The van der Waals surface area contributed by atoms with E-state index in [0.29, 0.717) is 18.9 Å². The Morgan fingerprint density at radius 2 is 2.00 bits per heavy atom. The topological polar surface area (TPSA) is 75.4 Å². The number of hydrogen-bond donors (Lipinski definition) is 3. The van der Waals surface area contributed by atoms with Gasteiger partial charge in [-0.1, -0.05) is 32.6 Å². The second kappa shape index (κ2) is 8.77. The number of nitrogens with one attached hydrogen (secondary N) is 1. The molecule has 5 heteroatoms. The van der Waals surface area contributed by atoms with Crippen LogP contribution < -0.4 is 11.1 Å². The van der Waals surface area contributed by atoms with E-state index in [1.807, 2.05) is 6.92 Å². The number of amides is 1. The van der Waals surface area contributed by atoms with E-state index in [2.05, 4.69) is 5.32 Å². The van der Waals surface area contributed by atoms with E-state index in [9.17, 15) is 9.90 Å². The first kappa shape index (κ1) is 18.7. The third-order valence-corrected chi connectivity index (χ3v) is 3.95. The third kappa shape index (κ3) is 6.11. The summed E-state index contributed by atoms with van der Waals surface area (Å²) < 4.78 is 0. The SMILES string of the molecule is CCCC(C)(N)C(=O)NCC(O)C1CCCCC1.Cl. The lowest BCUT2D eigenvalue weighted by atomic mass is 9.85. The number of aliphatic hydroxyl groups excluding tert-OH is 1. The van der Waals surface area contributed by atoms with Crippen molar-refractivity contribution in [2.24, 2.45) is 11.7 Å². The Morgan fingerprint density at radius 3 is 2.53 bits per heavy atom. The zero-order valence-electron chi connectivity index (χ0n) is 12.2. The number of carbonyl (C=O) groups is 1. The molecule has 4 nitrogen and oxygen atoms in total. The lowest BCUT2D eigenvalue weighted by Crippen LogP contribution is -2.53. The summed E-state index contributed by atoms with van der Waals surface area (Å²) in [5, 5.41) is 12.9. The molecule has 1 aliphatic rings. The van der Waals surface area contributed by atoms with Crippen LogP contribution in [0.5, 0.6) is 0 Å². The first-order chi connectivity index (χ1) is 8.47. The van der Waals surface area contributed by atoms with Gasteiger partial charge in [0.05, 0.1) is 11.6 Å². The number of carbonyl (C=O) groups excluding carboxylic acids is 1. The summed E-state index contributed by atoms with van der Waals surface area (Å²) in [5.74, 6) is 0.188. The Kier molecular flexibility index (Phi) is 8.62. The molecule has 19 heavy (non-hydrogen) atoms. The average Bonchev–Trinajstić information content (AvgIpc) is 2.36. The standard InChI is InChI=1S/C14H28N2O2.ClH/c1-3-9-14(2,15)13(18)16-10-12(17)11-7-5-4-6-8-11;/h11-12,17H,3-10,15H2,1-2H3,(H,16,18);1H. The van der Waals surface area contributed by atoms with E-state index >= 15 is 0 Å². The molecular formula is C14H29ClN2O2. The molecule has 1 saturated carbocycles. The van der Waals surface area contributed by atoms with Crippen molar-refractivity contribution in [2.45, 2.75) is 70.4 Å². The molecule has 0 saturated heterocycles. The van der Waals surface area contributed by atoms with Gasteiger partial charge in [-0.15, -0.1) is 12.4 Å². The van der Waals surface area contributed by atoms with Crippen molar-refractivity contribution in [1.82, 2.24) is 5.32 Å². The van der Waals surface area contributed by atoms with Gasteiger partial charge in [0.25, 0.3) is 0 Å². The fourth-order valence-electron chi connectivity index (χ4n) is 2.72. The number of rotatable bonds is 6. The van der Waals surface area contributed by atoms with Gasteiger partial charge >= 0.3 is 0 Å². The molecule has 1 fully saturated rings. The van der Waals surface area contributed by atoms with Gasteiger partial charge in [0, 0.05) is 6.54 Å². The molecule has 1 amide bonds. The van der Waals surface area contributed by atoms with Crippen molar-refractivity contribution in [1.29, 1.82) is 0 Å². The fraction of sp³-hybridized carbons (Fsp3) is 0.929. The Morgan fingerprint density at radius 1 is 1.42 bits per heavy atom. The van der Waals surface area contributed by atoms with Gasteiger partial charge in [0.1, 0.15) is 0 Å². The minimum atomic E-state index is -0.818. The predicted molar refractivity (Wildman–Crippen MR) is 80.3 cm³/mol. The molecule has 0 bridgehead atoms. The van der Waals surface area contributed by atoms with Crippen molar-refractivity contribution in [2.75, 3.05) is 6.54 Å². The second-order valence-corrected chi connectivity index (χ2v) is 5.84. The molecule has 0 radical (unpaired) electrons. The fourth-order valence-corrected chi connectivity index (χ4v) is 2.72.